The van der Waals surface area contributed by atoms with Gasteiger partial charge in [-0.05, 0) is 24.3 Å². The van der Waals surface area contributed by atoms with Gasteiger partial charge >= 0.3 is 0 Å². The summed E-state index contributed by atoms with van der Waals surface area (Å²) in [4.78, 5) is -0.412. The van der Waals surface area contributed by atoms with Crippen LogP contribution in [0.2, 0.25) is 5.02 Å². The third-order valence-corrected chi connectivity index (χ3v) is 3.97. The van der Waals surface area contributed by atoms with E-state index >= 15 is 0 Å². The van der Waals surface area contributed by atoms with Crippen LogP contribution in [0.5, 0.6) is 0 Å². The van der Waals surface area contributed by atoms with Gasteiger partial charge in [0.1, 0.15) is 10.7 Å². The molecule has 0 atom stereocenters. The second-order valence-corrected chi connectivity index (χ2v) is 5.57. The molecule has 0 aliphatic rings. The van der Waals surface area contributed by atoms with Crippen LogP contribution >= 0.6 is 11.6 Å². The predicted molar refractivity (Wildman–Crippen MR) is 68.7 cm³/mol. The Morgan fingerprint density at radius 3 is 2.28 bits per heavy atom. The first-order valence-corrected chi connectivity index (χ1v) is 6.89. The summed E-state index contributed by atoms with van der Waals surface area (Å²) < 4.78 is 39.6. The van der Waals surface area contributed by atoms with Gasteiger partial charge in [-0.3, -0.25) is 4.72 Å². The zero-order valence-electron chi connectivity index (χ0n) is 9.10. The lowest BCUT2D eigenvalue weighted by Crippen LogP contribution is -2.14. The second kappa shape index (κ2) is 4.96. The molecule has 0 spiro atoms. The molecule has 0 fully saturated rings. The Kier molecular flexibility index (Phi) is 3.54. The monoisotopic (exact) mass is 285 g/mol. The zero-order chi connectivity index (χ0) is 13.2. The summed E-state index contributed by atoms with van der Waals surface area (Å²) in [5, 5.41) is 0.248. The van der Waals surface area contributed by atoms with Gasteiger partial charge < -0.3 is 0 Å². The van der Waals surface area contributed by atoms with Gasteiger partial charge in [0.15, 0.2) is 0 Å². The summed E-state index contributed by atoms with van der Waals surface area (Å²) in [7, 11) is -3.98. The molecule has 6 heteroatoms. The molecule has 0 radical (unpaired) electrons. The van der Waals surface area contributed by atoms with Crippen LogP contribution in [0.3, 0.4) is 0 Å². The first-order valence-electron chi connectivity index (χ1n) is 5.02. The molecule has 0 aliphatic carbocycles. The first kappa shape index (κ1) is 12.9. The summed E-state index contributed by atoms with van der Waals surface area (Å²) >= 11 is 5.84. The Labute approximate surface area is 109 Å². The van der Waals surface area contributed by atoms with Crippen LogP contribution in [0.15, 0.2) is 53.4 Å². The number of para-hydroxylation sites is 1. The minimum atomic E-state index is -3.98. The molecule has 2 rings (SSSR count). The fraction of sp³-hybridized carbons (Fsp3) is 0. The van der Waals surface area contributed by atoms with Crippen LogP contribution in [0, 0.1) is 5.82 Å². The van der Waals surface area contributed by atoms with E-state index in [0.717, 1.165) is 6.07 Å². The number of nitrogens with one attached hydrogen (secondary N) is 1. The van der Waals surface area contributed by atoms with Gasteiger partial charge in [0.05, 0.1) is 10.7 Å². The lowest BCUT2D eigenvalue weighted by molar-refractivity contribution is 0.570. The van der Waals surface area contributed by atoms with Crippen molar-refractivity contribution in [2.75, 3.05) is 4.72 Å². The van der Waals surface area contributed by atoms with Gasteiger partial charge in [0.25, 0.3) is 10.0 Å². The molecule has 2 aromatic rings. The van der Waals surface area contributed by atoms with Gasteiger partial charge in [0, 0.05) is 0 Å². The summed E-state index contributed by atoms with van der Waals surface area (Å²) in [6.45, 7) is 0. The number of benzene rings is 2. The third kappa shape index (κ3) is 2.63. The second-order valence-electron chi connectivity index (χ2n) is 3.52. The summed E-state index contributed by atoms with van der Waals surface area (Å²) in [5.41, 5.74) is 0.211. The molecule has 0 saturated heterocycles. The van der Waals surface area contributed by atoms with Crippen molar-refractivity contribution in [2.45, 2.75) is 4.90 Å². The number of hydrogen-bond acceptors (Lipinski definition) is 2. The maximum Gasteiger partial charge on any atom is 0.264 e. The highest BCUT2D eigenvalue weighted by Gasteiger charge is 2.19. The summed E-state index contributed by atoms with van der Waals surface area (Å²) in [6.07, 6.45) is 0. The van der Waals surface area contributed by atoms with E-state index < -0.39 is 20.7 Å². The fourth-order valence-electron chi connectivity index (χ4n) is 1.41. The van der Waals surface area contributed by atoms with E-state index in [9.17, 15) is 12.8 Å². The molecule has 0 saturated carbocycles. The van der Waals surface area contributed by atoms with Crippen molar-refractivity contribution in [3.8, 4) is 0 Å². The highest BCUT2D eigenvalue weighted by atomic mass is 35.5. The van der Waals surface area contributed by atoms with Crippen LogP contribution in [0.4, 0.5) is 10.1 Å². The van der Waals surface area contributed by atoms with Crippen LogP contribution < -0.4 is 4.72 Å². The molecule has 18 heavy (non-hydrogen) atoms. The van der Waals surface area contributed by atoms with E-state index in [1.165, 1.54) is 24.3 Å². The maximum absolute atomic E-state index is 13.4. The van der Waals surface area contributed by atoms with Crippen LogP contribution in [-0.4, -0.2) is 8.42 Å². The van der Waals surface area contributed by atoms with Crippen molar-refractivity contribution in [1.82, 2.24) is 0 Å². The minimum absolute atomic E-state index is 0.211. The SMILES string of the molecule is O=S(=O)(Nc1ccccc1Cl)c1ccccc1F. The number of hydrogen-bond donors (Lipinski definition) is 1. The van der Waals surface area contributed by atoms with Crippen LogP contribution in [-0.2, 0) is 10.0 Å². The smallest absolute Gasteiger partial charge is 0.264 e. The van der Waals surface area contributed by atoms with Crippen LogP contribution in [0.1, 0.15) is 0 Å². The summed E-state index contributed by atoms with van der Waals surface area (Å²) in [5.74, 6) is -0.808. The van der Waals surface area contributed by atoms with Crippen molar-refractivity contribution in [3.05, 3.63) is 59.4 Å². The highest BCUT2D eigenvalue weighted by molar-refractivity contribution is 7.92. The van der Waals surface area contributed by atoms with Crippen molar-refractivity contribution in [2.24, 2.45) is 0 Å². The molecule has 0 aromatic heterocycles. The van der Waals surface area contributed by atoms with Crippen molar-refractivity contribution in [1.29, 1.82) is 0 Å². The highest BCUT2D eigenvalue weighted by Crippen LogP contribution is 2.24. The molecule has 0 heterocycles. The minimum Gasteiger partial charge on any atom is -0.278 e. The van der Waals surface area contributed by atoms with Crippen molar-refractivity contribution >= 4 is 27.3 Å². The Hall–Kier alpha value is -1.59. The van der Waals surface area contributed by atoms with Gasteiger partial charge in [-0.1, -0.05) is 35.9 Å². The maximum atomic E-state index is 13.4. The fourth-order valence-corrected chi connectivity index (χ4v) is 2.81. The van der Waals surface area contributed by atoms with Gasteiger partial charge in [-0.15, -0.1) is 0 Å². The lowest BCUT2D eigenvalue weighted by Gasteiger charge is -2.09. The average Bonchev–Trinajstić information content (AvgIpc) is 2.32. The van der Waals surface area contributed by atoms with E-state index in [4.69, 9.17) is 11.6 Å². The molecule has 0 amide bonds. The number of rotatable bonds is 3. The molecule has 0 bridgehead atoms. The van der Waals surface area contributed by atoms with Gasteiger partial charge in [-0.25, -0.2) is 12.8 Å². The predicted octanol–water partition coefficient (Wildman–Crippen LogP) is 3.28. The average molecular weight is 286 g/mol. The van der Waals surface area contributed by atoms with E-state index in [1.54, 1.807) is 18.2 Å². The van der Waals surface area contributed by atoms with Crippen molar-refractivity contribution < 1.29 is 12.8 Å². The molecule has 2 aromatic carbocycles. The van der Waals surface area contributed by atoms with Crippen LogP contribution in [0.25, 0.3) is 0 Å². The van der Waals surface area contributed by atoms with Gasteiger partial charge in [-0.2, -0.15) is 0 Å². The summed E-state index contributed by atoms with van der Waals surface area (Å²) in [6, 6.07) is 11.5. The third-order valence-electron chi connectivity index (χ3n) is 2.24. The number of sulfonamides is 1. The molecule has 0 unspecified atom stereocenters. The molecule has 1 N–H and O–H groups in total. The molecule has 0 aliphatic heterocycles. The lowest BCUT2D eigenvalue weighted by atomic mass is 10.3. The molecule has 3 nitrogen and oxygen atoms in total. The van der Waals surface area contributed by atoms with Gasteiger partial charge in [0.2, 0.25) is 0 Å². The molecular formula is C12H9ClFNO2S. The quantitative estimate of drug-likeness (QED) is 0.941. The Balaban J connectivity index is 2.40. The van der Waals surface area contributed by atoms with E-state index in [-0.39, 0.29) is 10.7 Å². The van der Waals surface area contributed by atoms with E-state index in [1.807, 2.05) is 0 Å². The standard InChI is InChI=1S/C12H9ClFNO2S/c13-9-5-1-3-7-11(9)15-18(16,17)12-8-4-2-6-10(12)14/h1-8,15H. The Bertz CT molecular complexity index is 673. The Morgan fingerprint density at radius 2 is 1.61 bits per heavy atom. The Morgan fingerprint density at radius 1 is 1.00 bits per heavy atom. The largest absolute Gasteiger partial charge is 0.278 e. The first-order chi connectivity index (χ1) is 8.50. The number of anilines is 1. The number of halogens is 2. The topological polar surface area (TPSA) is 46.2 Å². The zero-order valence-corrected chi connectivity index (χ0v) is 10.7. The normalized spacial score (nSPS) is 11.2. The van der Waals surface area contributed by atoms with E-state index in [0.29, 0.717) is 0 Å². The molecule has 94 valence electrons. The van der Waals surface area contributed by atoms with E-state index in [2.05, 4.69) is 4.72 Å². The van der Waals surface area contributed by atoms with Crippen molar-refractivity contribution in [3.63, 3.8) is 0 Å². The molecular weight excluding hydrogens is 277 g/mol.